The van der Waals surface area contributed by atoms with Crippen molar-refractivity contribution >= 4 is 32.2 Å². The van der Waals surface area contributed by atoms with Gasteiger partial charge < -0.3 is 10.1 Å². The van der Waals surface area contributed by atoms with Gasteiger partial charge in [0.2, 0.25) is 5.91 Å². The van der Waals surface area contributed by atoms with Crippen molar-refractivity contribution in [3.05, 3.63) is 65.0 Å². The fraction of sp³-hybridized carbons (Fsp3) is 0.200. The number of nitrogens with one attached hydrogen (secondary N) is 1. The minimum atomic E-state index is -3.36. The summed E-state index contributed by atoms with van der Waals surface area (Å²) < 4.78 is 30.2. The highest BCUT2D eigenvalue weighted by atomic mass is 32.2. The maximum atomic E-state index is 12.2. The molecular formula is C20H18N2O4S2. The molecular weight excluding hydrogens is 396 g/mol. The number of anilines is 1. The SMILES string of the molecule is O=C(CCS(=O)(=O)Cc1ccccc1)Nc1nc2c(s1)COc1ccccc1-2. The Morgan fingerprint density at radius 1 is 1.11 bits per heavy atom. The first-order valence-corrected chi connectivity index (χ1v) is 11.4. The predicted octanol–water partition coefficient (Wildman–Crippen LogP) is 3.65. The summed E-state index contributed by atoms with van der Waals surface area (Å²) in [5, 5.41) is 3.17. The summed E-state index contributed by atoms with van der Waals surface area (Å²) in [6, 6.07) is 16.6. The molecule has 1 aliphatic rings. The first-order valence-electron chi connectivity index (χ1n) is 8.76. The number of carbonyl (C=O) groups is 1. The van der Waals surface area contributed by atoms with E-state index in [0.29, 0.717) is 17.3 Å². The summed E-state index contributed by atoms with van der Waals surface area (Å²) >= 11 is 1.35. The fourth-order valence-electron chi connectivity index (χ4n) is 2.98. The molecule has 3 aromatic rings. The Bertz CT molecular complexity index is 1110. The zero-order chi connectivity index (χ0) is 19.6. The second kappa shape index (κ2) is 7.73. The van der Waals surface area contributed by atoms with Crippen LogP contribution in [-0.2, 0) is 27.0 Å². The molecule has 0 aliphatic carbocycles. The quantitative estimate of drug-likeness (QED) is 0.666. The molecule has 8 heteroatoms. The molecule has 0 radical (unpaired) electrons. The Kier molecular flexibility index (Phi) is 5.15. The standard InChI is InChI=1S/C20H18N2O4S2/c23-18(10-11-28(24,25)13-14-6-2-1-3-7-14)21-20-22-19-15-8-4-5-9-16(15)26-12-17(19)27-20/h1-9H,10-13H2,(H,21,22,23). The maximum Gasteiger partial charge on any atom is 0.227 e. The van der Waals surface area contributed by atoms with E-state index in [1.54, 1.807) is 24.3 Å². The number of hydrogen-bond donors (Lipinski definition) is 1. The first kappa shape index (κ1) is 18.6. The van der Waals surface area contributed by atoms with E-state index < -0.39 is 9.84 Å². The molecule has 0 spiro atoms. The second-order valence-corrected chi connectivity index (χ2v) is 9.72. The number of sulfone groups is 1. The zero-order valence-corrected chi connectivity index (χ0v) is 16.6. The van der Waals surface area contributed by atoms with Gasteiger partial charge in [0.1, 0.15) is 12.4 Å². The lowest BCUT2D eigenvalue weighted by molar-refractivity contribution is -0.115. The molecule has 0 bridgehead atoms. The van der Waals surface area contributed by atoms with Gasteiger partial charge in [0, 0.05) is 12.0 Å². The van der Waals surface area contributed by atoms with Gasteiger partial charge in [-0.1, -0.05) is 53.8 Å². The highest BCUT2D eigenvalue weighted by Crippen LogP contribution is 2.40. The van der Waals surface area contributed by atoms with E-state index in [4.69, 9.17) is 4.74 Å². The van der Waals surface area contributed by atoms with Crippen LogP contribution >= 0.6 is 11.3 Å². The van der Waals surface area contributed by atoms with Crippen LogP contribution in [0.5, 0.6) is 5.75 Å². The van der Waals surface area contributed by atoms with Gasteiger partial charge in [0.25, 0.3) is 0 Å². The van der Waals surface area contributed by atoms with Crippen molar-refractivity contribution in [3.63, 3.8) is 0 Å². The maximum absolute atomic E-state index is 12.2. The molecule has 0 unspecified atom stereocenters. The lowest BCUT2D eigenvalue weighted by Crippen LogP contribution is -2.18. The number of rotatable bonds is 6. The number of benzene rings is 2. The van der Waals surface area contributed by atoms with Gasteiger partial charge in [-0.3, -0.25) is 4.79 Å². The van der Waals surface area contributed by atoms with Crippen molar-refractivity contribution in [2.75, 3.05) is 11.1 Å². The van der Waals surface area contributed by atoms with Crippen molar-refractivity contribution in [2.45, 2.75) is 18.8 Å². The Labute approximate surface area is 167 Å². The van der Waals surface area contributed by atoms with Crippen LogP contribution in [0, 0.1) is 0 Å². The Morgan fingerprint density at radius 2 is 1.86 bits per heavy atom. The Hall–Kier alpha value is -2.71. The van der Waals surface area contributed by atoms with Crippen LogP contribution in [0.15, 0.2) is 54.6 Å². The molecule has 6 nitrogen and oxygen atoms in total. The van der Waals surface area contributed by atoms with Crippen LogP contribution in [0.4, 0.5) is 5.13 Å². The molecule has 28 heavy (non-hydrogen) atoms. The van der Waals surface area contributed by atoms with Crippen LogP contribution < -0.4 is 10.1 Å². The number of fused-ring (bicyclic) bond motifs is 3. The molecule has 1 N–H and O–H groups in total. The number of para-hydroxylation sites is 1. The number of aromatic nitrogens is 1. The Balaban J connectivity index is 1.38. The highest BCUT2D eigenvalue weighted by molar-refractivity contribution is 7.90. The molecule has 2 aromatic carbocycles. The largest absolute Gasteiger partial charge is 0.487 e. The molecule has 144 valence electrons. The molecule has 1 aliphatic heterocycles. The van der Waals surface area contributed by atoms with E-state index in [1.807, 2.05) is 30.3 Å². The minimum absolute atomic E-state index is 0.0687. The molecule has 1 aromatic heterocycles. The third kappa shape index (κ3) is 4.23. The highest BCUT2D eigenvalue weighted by Gasteiger charge is 2.22. The van der Waals surface area contributed by atoms with Crippen molar-refractivity contribution in [1.29, 1.82) is 0 Å². The van der Waals surface area contributed by atoms with E-state index in [9.17, 15) is 13.2 Å². The Morgan fingerprint density at radius 3 is 2.68 bits per heavy atom. The van der Waals surface area contributed by atoms with Gasteiger partial charge in [-0.2, -0.15) is 0 Å². The third-order valence-electron chi connectivity index (χ3n) is 4.31. The van der Waals surface area contributed by atoms with Gasteiger partial charge in [0.15, 0.2) is 15.0 Å². The monoisotopic (exact) mass is 414 g/mol. The minimum Gasteiger partial charge on any atom is -0.487 e. The molecule has 0 fully saturated rings. The molecule has 2 heterocycles. The average Bonchev–Trinajstić information content (AvgIpc) is 3.10. The summed E-state index contributed by atoms with van der Waals surface area (Å²) in [6.45, 7) is 0.408. The van der Waals surface area contributed by atoms with Crippen molar-refractivity contribution < 1.29 is 17.9 Å². The molecule has 0 saturated carbocycles. The fourth-order valence-corrected chi connectivity index (χ4v) is 5.22. The summed E-state index contributed by atoms with van der Waals surface area (Å²) in [5.41, 5.74) is 2.42. The van der Waals surface area contributed by atoms with Crippen LogP contribution in [0.1, 0.15) is 16.9 Å². The van der Waals surface area contributed by atoms with Gasteiger partial charge in [0.05, 0.1) is 22.1 Å². The van der Waals surface area contributed by atoms with Gasteiger partial charge >= 0.3 is 0 Å². The number of nitrogens with zero attached hydrogens (tertiary/aromatic N) is 1. The van der Waals surface area contributed by atoms with Crippen molar-refractivity contribution in [3.8, 4) is 17.0 Å². The normalized spacial score (nSPS) is 12.6. The average molecular weight is 415 g/mol. The third-order valence-corrected chi connectivity index (χ3v) is 6.86. The van der Waals surface area contributed by atoms with Crippen LogP contribution in [-0.4, -0.2) is 25.1 Å². The number of thiazole rings is 1. The smallest absolute Gasteiger partial charge is 0.227 e. The summed E-state index contributed by atoms with van der Waals surface area (Å²) in [6.07, 6.45) is -0.105. The molecule has 1 amide bonds. The van der Waals surface area contributed by atoms with Crippen LogP contribution in [0.3, 0.4) is 0 Å². The zero-order valence-electron chi connectivity index (χ0n) is 14.9. The van der Waals surface area contributed by atoms with Gasteiger partial charge in [-0.05, 0) is 17.7 Å². The van der Waals surface area contributed by atoms with E-state index in [-0.39, 0.29) is 23.8 Å². The topological polar surface area (TPSA) is 85.4 Å². The van der Waals surface area contributed by atoms with Crippen molar-refractivity contribution in [2.24, 2.45) is 0 Å². The number of carbonyl (C=O) groups excluding carboxylic acids is 1. The molecule has 0 atom stereocenters. The van der Waals surface area contributed by atoms with E-state index in [1.165, 1.54) is 11.3 Å². The predicted molar refractivity (Wildman–Crippen MR) is 109 cm³/mol. The van der Waals surface area contributed by atoms with Gasteiger partial charge in [-0.15, -0.1) is 0 Å². The molecule has 4 rings (SSSR count). The first-order chi connectivity index (χ1) is 13.5. The van der Waals surface area contributed by atoms with E-state index in [2.05, 4.69) is 10.3 Å². The second-order valence-electron chi connectivity index (χ2n) is 6.45. The molecule has 0 saturated heterocycles. The van der Waals surface area contributed by atoms with Crippen LogP contribution in [0.25, 0.3) is 11.3 Å². The van der Waals surface area contributed by atoms with E-state index in [0.717, 1.165) is 21.9 Å². The lowest BCUT2D eigenvalue weighted by Gasteiger charge is -2.15. The lowest BCUT2D eigenvalue weighted by atomic mass is 10.1. The summed E-state index contributed by atoms with van der Waals surface area (Å²) in [5.74, 6) is 0.132. The number of ether oxygens (including phenoxy) is 1. The van der Waals surface area contributed by atoms with Crippen molar-refractivity contribution in [1.82, 2.24) is 4.98 Å². The number of amides is 1. The summed E-state index contributed by atoms with van der Waals surface area (Å²) in [7, 11) is -3.36. The van der Waals surface area contributed by atoms with Crippen LogP contribution in [0.2, 0.25) is 0 Å². The van der Waals surface area contributed by atoms with E-state index >= 15 is 0 Å². The summed E-state index contributed by atoms with van der Waals surface area (Å²) in [4.78, 5) is 17.7. The number of hydrogen-bond acceptors (Lipinski definition) is 6. The van der Waals surface area contributed by atoms with Gasteiger partial charge in [-0.25, -0.2) is 13.4 Å².